The minimum Gasteiger partial charge on any atom is -0.494 e. The maximum atomic E-state index is 13.3. The summed E-state index contributed by atoms with van der Waals surface area (Å²) in [5.41, 5.74) is 2.40. The molecule has 1 N–H and O–H groups in total. The summed E-state index contributed by atoms with van der Waals surface area (Å²) in [5.74, 6) is 2.04. The number of ether oxygens (including phenoxy) is 1. The second-order valence-electron chi connectivity index (χ2n) is 11.2. The molecule has 0 unspecified atom stereocenters. The van der Waals surface area contributed by atoms with Gasteiger partial charge in [0.05, 0.1) is 6.61 Å². The van der Waals surface area contributed by atoms with Gasteiger partial charge in [0.2, 0.25) is 5.91 Å². The summed E-state index contributed by atoms with van der Waals surface area (Å²) in [6.07, 6.45) is 5.20. The number of nitrogens with one attached hydrogen (secondary N) is 1. The van der Waals surface area contributed by atoms with Crippen molar-refractivity contribution in [2.45, 2.75) is 70.9 Å². The molecule has 1 aromatic carbocycles. The Morgan fingerprint density at radius 2 is 2.15 bits per heavy atom. The highest BCUT2D eigenvalue weighted by Crippen LogP contribution is 2.61. The van der Waals surface area contributed by atoms with Crippen LogP contribution in [0.25, 0.3) is 0 Å². The van der Waals surface area contributed by atoms with Crippen LogP contribution in [0.1, 0.15) is 69.4 Å². The Hall–Kier alpha value is -1.95. The zero-order valence-corrected chi connectivity index (χ0v) is 20.7. The van der Waals surface area contributed by atoms with Crippen LogP contribution in [0.4, 0.5) is 4.39 Å². The van der Waals surface area contributed by atoms with E-state index in [2.05, 4.69) is 35.3 Å². The largest absolute Gasteiger partial charge is 0.494 e. The van der Waals surface area contributed by atoms with E-state index in [0.29, 0.717) is 44.4 Å². The number of fused-ring (bicyclic) bond motifs is 5. The van der Waals surface area contributed by atoms with Gasteiger partial charge in [-0.05, 0) is 86.5 Å². The molecule has 3 aliphatic carbocycles. The molecule has 0 aromatic heterocycles. The third kappa shape index (κ3) is 4.27. The van der Waals surface area contributed by atoms with Crippen molar-refractivity contribution < 1.29 is 18.7 Å². The quantitative estimate of drug-likeness (QED) is 0.604. The van der Waals surface area contributed by atoms with E-state index in [1.54, 1.807) is 0 Å². The Morgan fingerprint density at radius 1 is 1.29 bits per heavy atom. The first-order chi connectivity index (χ1) is 16.4. The molecule has 6 atom stereocenters. The number of ketones is 1. The number of carbonyl (C=O) groups is 2. The van der Waals surface area contributed by atoms with Crippen molar-refractivity contribution in [2.24, 2.45) is 23.2 Å². The molecule has 4 aliphatic rings. The molecule has 0 bridgehead atoms. The monoisotopic (exact) mass is 470 g/mol. The highest BCUT2D eigenvalue weighted by Gasteiger charge is 2.60. The molecule has 5 nitrogen and oxygen atoms in total. The van der Waals surface area contributed by atoms with E-state index >= 15 is 0 Å². The molecular formula is C28H39FN2O3. The molecule has 1 aliphatic heterocycles. The lowest BCUT2D eigenvalue weighted by Gasteiger charge is -2.49. The number of Topliss-reactive ketones (excluding diaryl/α,β-unsaturated/α-hetero) is 1. The van der Waals surface area contributed by atoms with Crippen LogP contribution in [-0.4, -0.2) is 55.5 Å². The Morgan fingerprint density at radius 3 is 2.91 bits per heavy atom. The number of aryl methyl sites for hydroxylation is 1. The van der Waals surface area contributed by atoms with Gasteiger partial charge in [0.1, 0.15) is 17.7 Å². The van der Waals surface area contributed by atoms with Gasteiger partial charge in [0.15, 0.2) is 0 Å². The first-order valence-electron chi connectivity index (χ1n) is 13.3. The van der Waals surface area contributed by atoms with Crippen molar-refractivity contribution in [1.82, 2.24) is 10.2 Å². The van der Waals surface area contributed by atoms with Crippen LogP contribution in [0.5, 0.6) is 5.75 Å². The SMILES string of the molecule is CCNC(=O)[C@H]1CC(=O)[C@@]2(C)CC[C@@H]3c4ccc(OCCCN5CC[C@H](F)C5)cc4CC[C@H]3[C@H]12. The van der Waals surface area contributed by atoms with Crippen LogP contribution < -0.4 is 10.1 Å². The van der Waals surface area contributed by atoms with Gasteiger partial charge < -0.3 is 15.0 Å². The van der Waals surface area contributed by atoms with E-state index in [9.17, 15) is 14.0 Å². The average Bonchev–Trinajstić information content (AvgIpc) is 3.36. The van der Waals surface area contributed by atoms with Crippen molar-refractivity contribution in [3.8, 4) is 5.75 Å². The molecule has 0 radical (unpaired) electrons. The lowest BCUT2D eigenvalue weighted by atomic mass is 9.54. The van der Waals surface area contributed by atoms with Crippen molar-refractivity contribution in [2.75, 3.05) is 32.8 Å². The van der Waals surface area contributed by atoms with Crippen molar-refractivity contribution in [3.05, 3.63) is 29.3 Å². The highest BCUT2D eigenvalue weighted by atomic mass is 19.1. The third-order valence-corrected chi connectivity index (χ3v) is 9.22. The Bertz CT molecular complexity index is 936. The fraction of sp³-hybridized carbons (Fsp3) is 0.714. The maximum Gasteiger partial charge on any atom is 0.223 e. The minimum atomic E-state index is -0.665. The fourth-order valence-corrected chi connectivity index (χ4v) is 7.55. The van der Waals surface area contributed by atoms with Crippen LogP contribution in [0, 0.1) is 23.2 Å². The maximum absolute atomic E-state index is 13.3. The summed E-state index contributed by atoms with van der Waals surface area (Å²) in [5, 5.41) is 3.00. The van der Waals surface area contributed by atoms with Gasteiger partial charge in [-0.2, -0.15) is 0 Å². The van der Waals surface area contributed by atoms with E-state index in [-0.39, 0.29) is 28.9 Å². The Balaban J connectivity index is 1.25. The summed E-state index contributed by atoms with van der Waals surface area (Å²) >= 11 is 0. The van der Waals surface area contributed by atoms with Crippen LogP contribution in [0.15, 0.2) is 18.2 Å². The second-order valence-corrected chi connectivity index (χ2v) is 11.2. The summed E-state index contributed by atoms with van der Waals surface area (Å²) < 4.78 is 19.4. The van der Waals surface area contributed by atoms with Gasteiger partial charge in [-0.1, -0.05) is 13.0 Å². The minimum absolute atomic E-state index is 0.0655. The van der Waals surface area contributed by atoms with Gasteiger partial charge >= 0.3 is 0 Å². The van der Waals surface area contributed by atoms with Crippen molar-refractivity contribution in [1.29, 1.82) is 0 Å². The van der Waals surface area contributed by atoms with Gasteiger partial charge in [-0.25, -0.2) is 4.39 Å². The van der Waals surface area contributed by atoms with Crippen molar-refractivity contribution >= 4 is 11.7 Å². The summed E-state index contributed by atoms with van der Waals surface area (Å²) in [6, 6.07) is 6.52. The Kier molecular flexibility index (Phi) is 6.71. The average molecular weight is 471 g/mol. The van der Waals surface area contributed by atoms with Gasteiger partial charge in [-0.15, -0.1) is 0 Å². The number of halogens is 1. The number of nitrogens with zero attached hydrogens (tertiary/aromatic N) is 1. The van der Waals surface area contributed by atoms with E-state index in [1.165, 1.54) is 11.1 Å². The molecule has 1 amide bonds. The molecule has 1 heterocycles. The fourth-order valence-electron chi connectivity index (χ4n) is 7.55. The first-order valence-corrected chi connectivity index (χ1v) is 13.3. The zero-order chi connectivity index (χ0) is 23.9. The molecule has 5 rings (SSSR count). The summed E-state index contributed by atoms with van der Waals surface area (Å²) in [7, 11) is 0. The van der Waals surface area contributed by atoms with Crippen LogP contribution >= 0.6 is 0 Å². The molecule has 3 fully saturated rings. The molecule has 1 aromatic rings. The number of likely N-dealkylation sites (tertiary alicyclic amines) is 1. The predicted molar refractivity (Wildman–Crippen MR) is 130 cm³/mol. The molecular weight excluding hydrogens is 431 g/mol. The smallest absolute Gasteiger partial charge is 0.223 e. The van der Waals surface area contributed by atoms with Crippen molar-refractivity contribution in [3.63, 3.8) is 0 Å². The summed E-state index contributed by atoms with van der Waals surface area (Å²) in [4.78, 5) is 28.1. The van der Waals surface area contributed by atoms with Crippen LogP contribution in [0.3, 0.4) is 0 Å². The molecule has 0 spiro atoms. The number of alkyl halides is 1. The summed E-state index contributed by atoms with van der Waals surface area (Å²) in [6.45, 7) is 7.64. The van der Waals surface area contributed by atoms with Crippen LogP contribution in [-0.2, 0) is 16.0 Å². The van der Waals surface area contributed by atoms with Gasteiger partial charge in [-0.3, -0.25) is 9.59 Å². The number of hydrogen-bond acceptors (Lipinski definition) is 4. The molecule has 6 heteroatoms. The van der Waals surface area contributed by atoms with E-state index in [0.717, 1.165) is 50.9 Å². The number of benzene rings is 1. The van der Waals surface area contributed by atoms with Crippen LogP contribution in [0.2, 0.25) is 0 Å². The predicted octanol–water partition coefficient (Wildman–Crippen LogP) is 4.29. The number of rotatable bonds is 7. The molecule has 186 valence electrons. The highest BCUT2D eigenvalue weighted by molar-refractivity contribution is 5.94. The van der Waals surface area contributed by atoms with E-state index < -0.39 is 6.17 Å². The van der Waals surface area contributed by atoms with Gasteiger partial charge in [0, 0.05) is 43.9 Å². The molecule has 1 saturated heterocycles. The lowest BCUT2D eigenvalue weighted by molar-refractivity contribution is -0.130. The Labute approximate surface area is 202 Å². The second kappa shape index (κ2) is 9.60. The first kappa shape index (κ1) is 23.8. The van der Waals surface area contributed by atoms with Gasteiger partial charge in [0.25, 0.3) is 0 Å². The number of amides is 1. The zero-order valence-electron chi connectivity index (χ0n) is 20.7. The van der Waals surface area contributed by atoms with E-state index in [4.69, 9.17) is 4.74 Å². The lowest BCUT2D eigenvalue weighted by Crippen LogP contribution is -2.46. The normalized spacial score (nSPS) is 34.9. The standard InChI is InChI=1S/C28H39FN2O3/c1-3-30-27(33)24-16-25(32)28(2)11-9-22-21-8-6-20(15-18(21)5-7-23(22)26(24)28)34-14-4-12-31-13-10-19(29)17-31/h6,8,15,19,22-24,26H,3-5,7,9-14,16-17H2,1-2H3,(H,30,33)/t19-,22+,23+,24-,26+,28+/m0/s1. The molecule has 2 saturated carbocycles. The van der Waals surface area contributed by atoms with E-state index in [1.807, 2.05) is 6.92 Å². The third-order valence-electron chi connectivity index (χ3n) is 9.22. The topological polar surface area (TPSA) is 58.6 Å². The molecule has 34 heavy (non-hydrogen) atoms. The number of carbonyl (C=O) groups excluding carboxylic acids is 2. The number of hydrogen-bond donors (Lipinski definition) is 1.